The smallest absolute Gasteiger partial charge is 0.321 e. The fourth-order valence-electron chi connectivity index (χ4n) is 1.01. The Kier molecular flexibility index (Phi) is 5.07. The van der Waals surface area contributed by atoms with Gasteiger partial charge in [-0.15, -0.1) is 0 Å². The molecule has 0 spiro atoms. The molecule has 0 bridgehead atoms. The minimum Gasteiger partial charge on any atom is -0.480 e. The second-order valence-electron chi connectivity index (χ2n) is 3.59. The predicted octanol–water partition coefficient (Wildman–Crippen LogP) is 0.425. The average Bonchev–Trinajstić information content (AvgIpc) is 1.97. The highest BCUT2D eigenvalue weighted by atomic mass is 32.2. The Morgan fingerprint density at radius 2 is 1.93 bits per heavy atom. The van der Waals surface area contributed by atoms with Crippen LogP contribution in [0.15, 0.2) is 0 Å². The average molecular weight is 223 g/mol. The van der Waals surface area contributed by atoms with Crippen molar-refractivity contribution in [1.29, 1.82) is 0 Å². The van der Waals surface area contributed by atoms with Crippen molar-refractivity contribution in [1.82, 2.24) is 4.72 Å². The number of nitrogens with one attached hydrogen (secondary N) is 1. The van der Waals surface area contributed by atoms with Gasteiger partial charge in [0.05, 0.1) is 5.75 Å². The van der Waals surface area contributed by atoms with Gasteiger partial charge in [-0.1, -0.05) is 20.8 Å². The highest BCUT2D eigenvalue weighted by Gasteiger charge is 2.22. The largest absolute Gasteiger partial charge is 0.480 e. The lowest BCUT2D eigenvalue weighted by Gasteiger charge is -2.13. The summed E-state index contributed by atoms with van der Waals surface area (Å²) in [4.78, 5) is 10.6. The molecule has 0 aromatic rings. The topological polar surface area (TPSA) is 83.5 Å². The predicted molar refractivity (Wildman–Crippen MR) is 53.5 cm³/mol. The summed E-state index contributed by atoms with van der Waals surface area (Å²) in [6, 6.07) is -1.02. The molecule has 0 amide bonds. The number of aliphatic carboxylic acids is 1. The Labute approximate surface area is 84.6 Å². The highest BCUT2D eigenvalue weighted by Crippen LogP contribution is 2.01. The van der Waals surface area contributed by atoms with Crippen LogP contribution in [0.1, 0.15) is 27.2 Å². The first-order valence-corrected chi connectivity index (χ1v) is 6.16. The van der Waals surface area contributed by atoms with E-state index in [1.54, 1.807) is 20.8 Å². The SMILES string of the molecule is CCC(NS(=O)(=O)CC(C)C)C(=O)O. The number of sulfonamides is 1. The van der Waals surface area contributed by atoms with Gasteiger partial charge in [0.25, 0.3) is 0 Å². The number of rotatable bonds is 6. The molecule has 0 saturated heterocycles. The van der Waals surface area contributed by atoms with Gasteiger partial charge in [0.15, 0.2) is 0 Å². The first-order valence-electron chi connectivity index (χ1n) is 4.51. The molecule has 0 radical (unpaired) electrons. The molecule has 2 N–H and O–H groups in total. The molecule has 1 atom stereocenters. The van der Waals surface area contributed by atoms with E-state index in [0.717, 1.165) is 0 Å². The number of carboxylic acid groups (broad SMARTS) is 1. The quantitative estimate of drug-likeness (QED) is 0.683. The van der Waals surface area contributed by atoms with Gasteiger partial charge in [0, 0.05) is 0 Å². The lowest BCUT2D eigenvalue weighted by molar-refractivity contribution is -0.139. The van der Waals surface area contributed by atoms with E-state index < -0.39 is 22.0 Å². The van der Waals surface area contributed by atoms with Crippen molar-refractivity contribution in [3.8, 4) is 0 Å². The minimum absolute atomic E-state index is 0.0150. The zero-order chi connectivity index (χ0) is 11.4. The van der Waals surface area contributed by atoms with Crippen molar-refractivity contribution in [3.05, 3.63) is 0 Å². The molecule has 6 heteroatoms. The van der Waals surface area contributed by atoms with Gasteiger partial charge in [-0.2, -0.15) is 0 Å². The lowest BCUT2D eigenvalue weighted by Crippen LogP contribution is -2.42. The maximum Gasteiger partial charge on any atom is 0.321 e. The zero-order valence-corrected chi connectivity index (χ0v) is 9.47. The van der Waals surface area contributed by atoms with Crippen LogP contribution in [0.2, 0.25) is 0 Å². The molecule has 0 heterocycles. The summed E-state index contributed by atoms with van der Waals surface area (Å²) < 4.78 is 24.8. The van der Waals surface area contributed by atoms with Crippen LogP contribution >= 0.6 is 0 Å². The third-order valence-corrected chi connectivity index (χ3v) is 3.33. The number of hydrogen-bond acceptors (Lipinski definition) is 3. The van der Waals surface area contributed by atoms with Gasteiger partial charge in [-0.25, -0.2) is 13.1 Å². The third kappa shape index (κ3) is 5.18. The van der Waals surface area contributed by atoms with Crippen molar-refractivity contribution in [2.75, 3.05) is 5.75 Å². The Bertz CT molecular complexity index is 284. The Hall–Kier alpha value is -0.620. The van der Waals surface area contributed by atoms with Gasteiger partial charge in [-0.3, -0.25) is 4.79 Å². The van der Waals surface area contributed by atoms with Crippen LogP contribution < -0.4 is 4.72 Å². The van der Waals surface area contributed by atoms with Crippen molar-refractivity contribution < 1.29 is 18.3 Å². The molecule has 0 aliphatic carbocycles. The van der Waals surface area contributed by atoms with E-state index in [2.05, 4.69) is 4.72 Å². The summed E-state index contributed by atoms with van der Waals surface area (Å²) in [6.45, 7) is 5.15. The Morgan fingerprint density at radius 3 is 2.21 bits per heavy atom. The third-order valence-electron chi connectivity index (χ3n) is 1.58. The Balaban J connectivity index is 4.41. The summed E-state index contributed by atoms with van der Waals surface area (Å²) in [5.74, 6) is -1.20. The molecule has 0 aromatic heterocycles. The first-order chi connectivity index (χ1) is 6.28. The van der Waals surface area contributed by atoms with Crippen molar-refractivity contribution in [2.24, 2.45) is 5.92 Å². The van der Waals surface area contributed by atoms with E-state index in [4.69, 9.17) is 5.11 Å². The van der Waals surface area contributed by atoms with E-state index in [-0.39, 0.29) is 18.1 Å². The van der Waals surface area contributed by atoms with Gasteiger partial charge >= 0.3 is 5.97 Å². The van der Waals surface area contributed by atoms with Crippen LogP contribution in [0, 0.1) is 5.92 Å². The van der Waals surface area contributed by atoms with Crippen LogP contribution in [0.25, 0.3) is 0 Å². The molecule has 0 aliphatic heterocycles. The molecular weight excluding hydrogens is 206 g/mol. The van der Waals surface area contributed by atoms with Crippen LogP contribution in [0.5, 0.6) is 0 Å². The van der Waals surface area contributed by atoms with E-state index in [1.807, 2.05) is 0 Å². The fraction of sp³-hybridized carbons (Fsp3) is 0.875. The van der Waals surface area contributed by atoms with E-state index >= 15 is 0 Å². The summed E-state index contributed by atoms with van der Waals surface area (Å²) in [6.07, 6.45) is 0.243. The monoisotopic (exact) mass is 223 g/mol. The van der Waals surface area contributed by atoms with Gasteiger partial charge in [-0.05, 0) is 12.3 Å². The molecule has 0 aliphatic rings. The molecular formula is C8H17NO4S. The maximum absolute atomic E-state index is 11.3. The summed E-state index contributed by atoms with van der Waals surface area (Å²) in [5, 5.41) is 8.64. The number of carbonyl (C=O) groups is 1. The van der Waals surface area contributed by atoms with Gasteiger partial charge in [0.1, 0.15) is 6.04 Å². The van der Waals surface area contributed by atoms with E-state index in [9.17, 15) is 13.2 Å². The second-order valence-corrected chi connectivity index (χ2v) is 5.39. The van der Waals surface area contributed by atoms with Crippen LogP contribution in [0.3, 0.4) is 0 Å². The molecule has 84 valence electrons. The van der Waals surface area contributed by atoms with Crippen LogP contribution in [-0.4, -0.2) is 31.3 Å². The molecule has 0 rings (SSSR count). The summed E-state index contributed by atoms with van der Waals surface area (Å²) >= 11 is 0. The van der Waals surface area contributed by atoms with Gasteiger partial charge < -0.3 is 5.11 Å². The molecule has 5 nitrogen and oxygen atoms in total. The van der Waals surface area contributed by atoms with Crippen molar-refractivity contribution >= 4 is 16.0 Å². The zero-order valence-electron chi connectivity index (χ0n) is 8.65. The van der Waals surface area contributed by atoms with Crippen molar-refractivity contribution in [3.63, 3.8) is 0 Å². The molecule has 14 heavy (non-hydrogen) atoms. The molecule has 0 saturated carbocycles. The Morgan fingerprint density at radius 1 is 1.43 bits per heavy atom. The standard InChI is InChI=1S/C8H17NO4S/c1-4-7(8(10)11)9-14(12,13)5-6(2)3/h6-7,9H,4-5H2,1-3H3,(H,10,11). The van der Waals surface area contributed by atoms with Gasteiger partial charge in [0.2, 0.25) is 10.0 Å². The second kappa shape index (κ2) is 5.31. The van der Waals surface area contributed by atoms with Crippen LogP contribution in [-0.2, 0) is 14.8 Å². The number of hydrogen-bond donors (Lipinski definition) is 2. The highest BCUT2D eigenvalue weighted by molar-refractivity contribution is 7.89. The summed E-state index contributed by atoms with van der Waals surface area (Å²) in [7, 11) is -3.47. The fourth-order valence-corrected chi connectivity index (χ4v) is 2.69. The molecule has 0 aromatic carbocycles. The lowest BCUT2D eigenvalue weighted by atomic mass is 10.2. The summed E-state index contributed by atoms with van der Waals surface area (Å²) in [5.41, 5.74) is 0. The first kappa shape index (κ1) is 13.4. The molecule has 1 unspecified atom stereocenters. The maximum atomic E-state index is 11.3. The normalized spacial score (nSPS) is 14.3. The van der Waals surface area contributed by atoms with E-state index in [1.165, 1.54) is 0 Å². The van der Waals surface area contributed by atoms with Crippen molar-refractivity contribution in [2.45, 2.75) is 33.2 Å². The van der Waals surface area contributed by atoms with Crippen LogP contribution in [0.4, 0.5) is 0 Å². The minimum atomic E-state index is -3.47. The number of carboxylic acids is 1. The van der Waals surface area contributed by atoms with E-state index in [0.29, 0.717) is 0 Å². The molecule has 0 fully saturated rings.